The van der Waals surface area contributed by atoms with Gasteiger partial charge in [0.25, 0.3) is 5.91 Å². The minimum Gasteiger partial charge on any atom is -0.349 e. The van der Waals surface area contributed by atoms with Crippen LogP contribution in [0.2, 0.25) is 0 Å². The van der Waals surface area contributed by atoms with Gasteiger partial charge in [-0.05, 0) is 60.2 Å². The van der Waals surface area contributed by atoms with Gasteiger partial charge in [0.1, 0.15) is 0 Å². The zero-order valence-corrected chi connectivity index (χ0v) is 15.1. The molecule has 0 radical (unpaired) electrons. The first-order chi connectivity index (χ1) is 12.6. The summed E-state index contributed by atoms with van der Waals surface area (Å²) in [4.78, 5) is 25.9. The average molecular weight is 348 g/mol. The minimum absolute atomic E-state index is 0.0227. The summed E-state index contributed by atoms with van der Waals surface area (Å²) in [7, 11) is 0. The van der Waals surface area contributed by atoms with Crippen LogP contribution >= 0.6 is 0 Å². The van der Waals surface area contributed by atoms with Crippen LogP contribution in [-0.4, -0.2) is 24.4 Å². The van der Waals surface area contributed by atoms with Crippen LogP contribution < -0.4 is 10.2 Å². The number of fused-ring (bicyclic) bond motifs is 1. The number of carbonyl (C=O) groups is 2. The molecular formula is C22H24N2O2. The molecule has 2 amide bonds. The van der Waals surface area contributed by atoms with Crippen LogP contribution in [-0.2, 0) is 11.2 Å². The fraction of sp³-hybridized carbons (Fsp3) is 0.364. The van der Waals surface area contributed by atoms with Gasteiger partial charge in [-0.3, -0.25) is 9.59 Å². The molecule has 1 N–H and O–H groups in total. The predicted molar refractivity (Wildman–Crippen MR) is 103 cm³/mol. The van der Waals surface area contributed by atoms with E-state index < -0.39 is 0 Å². The van der Waals surface area contributed by atoms with E-state index in [1.807, 2.05) is 41.3 Å². The summed E-state index contributed by atoms with van der Waals surface area (Å²) in [5.41, 5.74) is 5.16. The van der Waals surface area contributed by atoms with Gasteiger partial charge in [0.15, 0.2) is 0 Å². The topological polar surface area (TPSA) is 49.4 Å². The Morgan fingerprint density at radius 1 is 1.00 bits per heavy atom. The minimum atomic E-state index is 0.0227. The zero-order valence-electron chi connectivity index (χ0n) is 15.1. The van der Waals surface area contributed by atoms with Gasteiger partial charge in [-0.15, -0.1) is 0 Å². The molecule has 1 heterocycles. The van der Waals surface area contributed by atoms with Gasteiger partial charge >= 0.3 is 0 Å². The number of hydrogen-bond acceptors (Lipinski definition) is 2. The third-order valence-electron chi connectivity index (χ3n) is 5.53. The number of nitrogens with zero attached hydrogens (tertiary/aromatic N) is 1. The second-order valence-electron chi connectivity index (χ2n) is 7.30. The molecule has 1 saturated carbocycles. The van der Waals surface area contributed by atoms with Crippen molar-refractivity contribution in [1.82, 2.24) is 5.32 Å². The summed E-state index contributed by atoms with van der Waals surface area (Å²) >= 11 is 0. The van der Waals surface area contributed by atoms with Crippen molar-refractivity contribution in [2.45, 2.75) is 45.1 Å². The van der Waals surface area contributed by atoms with Gasteiger partial charge in [0, 0.05) is 30.8 Å². The molecule has 1 fully saturated rings. The number of carbonyl (C=O) groups excluding carboxylic acids is 2. The van der Waals surface area contributed by atoms with E-state index >= 15 is 0 Å². The second kappa shape index (κ2) is 6.94. The van der Waals surface area contributed by atoms with E-state index in [1.165, 1.54) is 18.4 Å². The Balaban J connectivity index is 1.50. The van der Waals surface area contributed by atoms with Crippen molar-refractivity contribution in [2.24, 2.45) is 0 Å². The fourth-order valence-corrected chi connectivity index (χ4v) is 4.06. The number of amides is 2. The van der Waals surface area contributed by atoms with Crippen molar-refractivity contribution in [1.29, 1.82) is 0 Å². The molecule has 0 bridgehead atoms. The zero-order chi connectivity index (χ0) is 18.1. The van der Waals surface area contributed by atoms with Crippen molar-refractivity contribution in [2.75, 3.05) is 11.4 Å². The lowest BCUT2D eigenvalue weighted by Gasteiger charge is -2.15. The van der Waals surface area contributed by atoms with Gasteiger partial charge in [0.2, 0.25) is 5.91 Å². The van der Waals surface area contributed by atoms with Gasteiger partial charge < -0.3 is 10.2 Å². The van der Waals surface area contributed by atoms with Crippen LogP contribution in [0.25, 0.3) is 11.1 Å². The van der Waals surface area contributed by atoms with Crippen LogP contribution in [0.5, 0.6) is 0 Å². The molecule has 2 aromatic carbocycles. The Morgan fingerprint density at radius 3 is 2.38 bits per heavy atom. The molecule has 4 heteroatoms. The summed E-state index contributed by atoms with van der Waals surface area (Å²) in [6.45, 7) is 2.37. The largest absolute Gasteiger partial charge is 0.349 e. The van der Waals surface area contributed by atoms with Crippen LogP contribution in [0.1, 0.15) is 48.5 Å². The Morgan fingerprint density at radius 2 is 1.69 bits per heavy atom. The first kappa shape index (κ1) is 16.8. The number of rotatable bonds is 3. The lowest BCUT2D eigenvalue weighted by molar-refractivity contribution is -0.116. The highest BCUT2D eigenvalue weighted by Gasteiger charge is 2.22. The quantitative estimate of drug-likeness (QED) is 0.913. The normalized spacial score (nSPS) is 16.6. The van der Waals surface area contributed by atoms with E-state index in [2.05, 4.69) is 11.4 Å². The highest BCUT2D eigenvalue weighted by molar-refractivity contribution is 5.95. The van der Waals surface area contributed by atoms with Crippen molar-refractivity contribution >= 4 is 17.5 Å². The third-order valence-corrected chi connectivity index (χ3v) is 5.53. The van der Waals surface area contributed by atoms with Gasteiger partial charge in [0.05, 0.1) is 0 Å². The molecule has 4 rings (SSSR count). The molecule has 0 unspecified atom stereocenters. The van der Waals surface area contributed by atoms with Crippen molar-refractivity contribution in [3.8, 4) is 11.1 Å². The molecule has 134 valence electrons. The molecular weight excluding hydrogens is 324 g/mol. The first-order valence-electron chi connectivity index (χ1n) is 9.44. The molecule has 0 saturated heterocycles. The van der Waals surface area contributed by atoms with E-state index in [-0.39, 0.29) is 11.8 Å². The summed E-state index contributed by atoms with van der Waals surface area (Å²) in [5.74, 6) is 0.114. The molecule has 0 atom stereocenters. The molecule has 1 aliphatic heterocycles. The number of benzene rings is 2. The van der Waals surface area contributed by atoms with Crippen molar-refractivity contribution in [3.05, 3.63) is 53.6 Å². The third kappa shape index (κ3) is 3.24. The monoisotopic (exact) mass is 348 g/mol. The van der Waals surface area contributed by atoms with E-state index in [0.29, 0.717) is 11.6 Å². The predicted octanol–water partition coefficient (Wildman–Crippen LogP) is 3.94. The smallest absolute Gasteiger partial charge is 0.251 e. The van der Waals surface area contributed by atoms with Gasteiger partial charge in [-0.1, -0.05) is 31.0 Å². The molecule has 26 heavy (non-hydrogen) atoms. The second-order valence-corrected chi connectivity index (χ2v) is 7.30. The standard InChI is InChI=1S/C22H24N2O2/c1-15(25)24-13-12-19-14-18(10-11-21(19)24)16-6-8-17(9-7-16)22(26)23-20-4-2-3-5-20/h6-11,14,20H,2-5,12-13H2,1H3,(H,23,26). The van der Waals surface area contributed by atoms with E-state index in [0.717, 1.165) is 42.6 Å². The maximum absolute atomic E-state index is 12.4. The Bertz CT molecular complexity index is 836. The molecule has 2 aliphatic rings. The first-order valence-corrected chi connectivity index (χ1v) is 9.44. The van der Waals surface area contributed by atoms with Crippen LogP contribution in [0.4, 0.5) is 5.69 Å². The number of anilines is 1. The highest BCUT2D eigenvalue weighted by Crippen LogP contribution is 2.32. The summed E-state index contributed by atoms with van der Waals surface area (Å²) < 4.78 is 0. The molecule has 0 spiro atoms. The Hall–Kier alpha value is -2.62. The molecule has 0 aromatic heterocycles. The maximum Gasteiger partial charge on any atom is 0.251 e. The SMILES string of the molecule is CC(=O)N1CCc2cc(-c3ccc(C(=O)NC4CCCC4)cc3)ccc21. The van der Waals surface area contributed by atoms with Crippen molar-refractivity contribution in [3.63, 3.8) is 0 Å². The molecule has 1 aliphatic carbocycles. The van der Waals surface area contributed by atoms with E-state index in [1.54, 1.807) is 6.92 Å². The van der Waals surface area contributed by atoms with Crippen LogP contribution in [0.3, 0.4) is 0 Å². The Kier molecular flexibility index (Phi) is 4.49. The van der Waals surface area contributed by atoms with Gasteiger partial charge in [-0.25, -0.2) is 0 Å². The summed E-state index contributed by atoms with van der Waals surface area (Å²) in [6.07, 6.45) is 5.50. The molecule has 4 nitrogen and oxygen atoms in total. The maximum atomic E-state index is 12.4. The van der Waals surface area contributed by atoms with Crippen molar-refractivity contribution < 1.29 is 9.59 Å². The van der Waals surface area contributed by atoms with Gasteiger partial charge in [-0.2, -0.15) is 0 Å². The molecule has 2 aromatic rings. The Labute approximate surface area is 154 Å². The summed E-state index contributed by atoms with van der Waals surface area (Å²) in [6, 6.07) is 14.4. The van der Waals surface area contributed by atoms with E-state index in [9.17, 15) is 9.59 Å². The fourth-order valence-electron chi connectivity index (χ4n) is 4.06. The lowest BCUT2D eigenvalue weighted by atomic mass is 10.0. The summed E-state index contributed by atoms with van der Waals surface area (Å²) in [5, 5.41) is 3.13. The highest BCUT2D eigenvalue weighted by atomic mass is 16.2. The van der Waals surface area contributed by atoms with E-state index in [4.69, 9.17) is 0 Å². The van der Waals surface area contributed by atoms with Crippen LogP contribution in [0, 0.1) is 0 Å². The number of hydrogen-bond donors (Lipinski definition) is 1. The number of nitrogens with one attached hydrogen (secondary N) is 1. The average Bonchev–Trinajstić information content (AvgIpc) is 3.30. The lowest BCUT2D eigenvalue weighted by Crippen LogP contribution is -2.32. The van der Waals surface area contributed by atoms with Crippen LogP contribution in [0.15, 0.2) is 42.5 Å².